The Labute approximate surface area is 116 Å². The number of nitrogens with zero attached hydrogens (tertiary/aromatic N) is 1. The predicted octanol–water partition coefficient (Wildman–Crippen LogP) is 4.36. The van der Waals surface area contributed by atoms with Crippen LogP contribution in [0.2, 0.25) is 0 Å². The number of anilines is 2. The standard InChI is InChI=1S/C12H10Br2N2O/c1-17-10-6-8(13)5-9(7-10)16-12-11(14)3-2-4-15-12/h2-7H,1H3,(H,15,16). The number of hydrogen-bond donors (Lipinski definition) is 1. The number of ether oxygens (including phenoxy) is 1. The number of rotatable bonds is 3. The van der Waals surface area contributed by atoms with Crippen LogP contribution in [0.1, 0.15) is 0 Å². The summed E-state index contributed by atoms with van der Waals surface area (Å²) in [5, 5.41) is 3.22. The van der Waals surface area contributed by atoms with Gasteiger partial charge in [-0.2, -0.15) is 0 Å². The minimum absolute atomic E-state index is 0.771. The zero-order valence-corrected chi connectivity index (χ0v) is 12.2. The van der Waals surface area contributed by atoms with E-state index < -0.39 is 0 Å². The van der Waals surface area contributed by atoms with Crippen molar-refractivity contribution in [3.05, 3.63) is 45.5 Å². The highest BCUT2D eigenvalue weighted by atomic mass is 79.9. The number of pyridine rings is 1. The molecule has 0 unspecified atom stereocenters. The molecular formula is C12H10Br2N2O. The predicted molar refractivity (Wildman–Crippen MR) is 75.9 cm³/mol. The Kier molecular flexibility index (Phi) is 4.02. The number of halogens is 2. The van der Waals surface area contributed by atoms with E-state index in [4.69, 9.17) is 4.74 Å². The Morgan fingerprint density at radius 3 is 2.76 bits per heavy atom. The molecule has 2 aromatic rings. The van der Waals surface area contributed by atoms with Crippen molar-refractivity contribution >= 4 is 43.4 Å². The average molecular weight is 358 g/mol. The topological polar surface area (TPSA) is 34.1 Å². The van der Waals surface area contributed by atoms with Gasteiger partial charge in [-0.1, -0.05) is 15.9 Å². The zero-order valence-electron chi connectivity index (χ0n) is 9.08. The van der Waals surface area contributed by atoms with E-state index >= 15 is 0 Å². The molecule has 17 heavy (non-hydrogen) atoms. The SMILES string of the molecule is COc1cc(Br)cc(Nc2ncccc2Br)c1. The molecule has 88 valence electrons. The third-order valence-corrected chi connectivity index (χ3v) is 3.23. The molecule has 2 rings (SSSR count). The van der Waals surface area contributed by atoms with E-state index in [1.807, 2.05) is 30.3 Å². The van der Waals surface area contributed by atoms with Crippen LogP contribution in [0.4, 0.5) is 11.5 Å². The van der Waals surface area contributed by atoms with E-state index in [2.05, 4.69) is 42.2 Å². The van der Waals surface area contributed by atoms with E-state index in [-0.39, 0.29) is 0 Å². The van der Waals surface area contributed by atoms with E-state index in [0.717, 1.165) is 26.2 Å². The Morgan fingerprint density at radius 1 is 1.24 bits per heavy atom. The van der Waals surface area contributed by atoms with Crippen molar-refractivity contribution in [3.63, 3.8) is 0 Å². The first kappa shape index (κ1) is 12.4. The third-order valence-electron chi connectivity index (χ3n) is 2.13. The van der Waals surface area contributed by atoms with Gasteiger partial charge in [-0.25, -0.2) is 4.98 Å². The molecule has 0 atom stereocenters. The maximum Gasteiger partial charge on any atom is 0.144 e. The first-order valence-corrected chi connectivity index (χ1v) is 6.50. The van der Waals surface area contributed by atoms with Crippen molar-refractivity contribution in [2.75, 3.05) is 12.4 Å². The van der Waals surface area contributed by atoms with Gasteiger partial charge in [-0.15, -0.1) is 0 Å². The van der Waals surface area contributed by atoms with Gasteiger partial charge in [0.1, 0.15) is 11.6 Å². The molecule has 0 saturated heterocycles. The first-order chi connectivity index (χ1) is 8.19. The monoisotopic (exact) mass is 356 g/mol. The van der Waals surface area contributed by atoms with Crippen LogP contribution in [0, 0.1) is 0 Å². The number of aromatic nitrogens is 1. The highest BCUT2D eigenvalue weighted by Gasteiger charge is 2.03. The lowest BCUT2D eigenvalue weighted by molar-refractivity contribution is 0.415. The molecule has 1 N–H and O–H groups in total. The van der Waals surface area contributed by atoms with Crippen LogP contribution in [-0.4, -0.2) is 12.1 Å². The number of hydrogen-bond acceptors (Lipinski definition) is 3. The molecule has 0 bridgehead atoms. The van der Waals surface area contributed by atoms with E-state index in [1.165, 1.54) is 0 Å². The summed E-state index contributed by atoms with van der Waals surface area (Å²) in [5.74, 6) is 1.56. The van der Waals surface area contributed by atoms with Crippen molar-refractivity contribution in [2.24, 2.45) is 0 Å². The number of nitrogens with one attached hydrogen (secondary N) is 1. The summed E-state index contributed by atoms with van der Waals surface area (Å²) in [6.45, 7) is 0. The highest BCUT2D eigenvalue weighted by molar-refractivity contribution is 9.10. The first-order valence-electron chi connectivity index (χ1n) is 4.91. The smallest absolute Gasteiger partial charge is 0.144 e. The Morgan fingerprint density at radius 2 is 2.06 bits per heavy atom. The fourth-order valence-corrected chi connectivity index (χ4v) is 2.19. The second kappa shape index (κ2) is 5.51. The average Bonchev–Trinajstić information content (AvgIpc) is 2.31. The van der Waals surface area contributed by atoms with Gasteiger partial charge < -0.3 is 10.1 Å². The summed E-state index contributed by atoms with van der Waals surface area (Å²) >= 11 is 6.87. The Bertz CT molecular complexity index is 532. The van der Waals surface area contributed by atoms with Gasteiger partial charge in [0.2, 0.25) is 0 Å². The summed E-state index contributed by atoms with van der Waals surface area (Å²) in [5.41, 5.74) is 0.913. The molecule has 0 saturated carbocycles. The van der Waals surface area contributed by atoms with Crippen LogP contribution >= 0.6 is 31.9 Å². The maximum atomic E-state index is 5.20. The normalized spacial score (nSPS) is 10.1. The minimum Gasteiger partial charge on any atom is -0.497 e. The lowest BCUT2D eigenvalue weighted by atomic mass is 10.3. The van der Waals surface area contributed by atoms with Gasteiger partial charge >= 0.3 is 0 Å². The van der Waals surface area contributed by atoms with Crippen LogP contribution in [0.5, 0.6) is 5.75 Å². The highest BCUT2D eigenvalue weighted by Crippen LogP contribution is 2.28. The van der Waals surface area contributed by atoms with Crippen LogP contribution < -0.4 is 10.1 Å². The molecule has 0 aliphatic carbocycles. The van der Waals surface area contributed by atoms with Crippen LogP contribution in [0.25, 0.3) is 0 Å². The number of methoxy groups -OCH3 is 1. The van der Waals surface area contributed by atoms with Gasteiger partial charge in [0.05, 0.1) is 11.6 Å². The Balaban J connectivity index is 2.30. The summed E-state index contributed by atoms with van der Waals surface area (Å²) in [4.78, 5) is 4.24. The number of benzene rings is 1. The molecule has 1 heterocycles. The fourth-order valence-electron chi connectivity index (χ4n) is 1.37. The van der Waals surface area contributed by atoms with Crippen LogP contribution in [0.3, 0.4) is 0 Å². The quantitative estimate of drug-likeness (QED) is 0.886. The molecule has 0 radical (unpaired) electrons. The molecule has 0 amide bonds. The third kappa shape index (κ3) is 3.20. The van der Waals surface area contributed by atoms with Gasteiger partial charge in [-0.3, -0.25) is 0 Å². The van der Waals surface area contributed by atoms with Crippen molar-refractivity contribution in [1.82, 2.24) is 4.98 Å². The second-order valence-electron chi connectivity index (χ2n) is 3.34. The van der Waals surface area contributed by atoms with Crippen molar-refractivity contribution in [2.45, 2.75) is 0 Å². The molecule has 3 nitrogen and oxygen atoms in total. The van der Waals surface area contributed by atoms with Crippen molar-refractivity contribution < 1.29 is 4.74 Å². The zero-order chi connectivity index (χ0) is 12.3. The lowest BCUT2D eigenvalue weighted by Crippen LogP contribution is -1.95. The van der Waals surface area contributed by atoms with E-state index in [9.17, 15) is 0 Å². The Hall–Kier alpha value is -1.07. The van der Waals surface area contributed by atoms with Gasteiger partial charge in [-0.05, 0) is 40.2 Å². The van der Waals surface area contributed by atoms with E-state index in [1.54, 1.807) is 13.3 Å². The summed E-state index contributed by atoms with van der Waals surface area (Å²) in [6, 6.07) is 9.58. The molecule has 1 aromatic carbocycles. The van der Waals surface area contributed by atoms with Crippen LogP contribution in [0.15, 0.2) is 45.5 Å². The molecule has 0 fully saturated rings. The summed E-state index contributed by atoms with van der Waals surface area (Å²) < 4.78 is 7.07. The van der Waals surface area contributed by atoms with Gasteiger partial charge in [0, 0.05) is 22.4 Å². The fraction of sp³-hybridized carbons (Fsp3) is 0.0833. The molecular weight excluding hydrogens is 348 g/mol. The summed E-state index contributed by atoms with van der Waals surface area (Å²) in [6.07, 6.45) is 1.74. The molecule has 5 heteroatoms. The minimum atomic E-state index is 0.771. The maximum absolute atomic E-state index is 5.20. The van der Waals surface area contributed by atoms with Crippen molar-refractivity contribution in [1.29, 1.82) is 0 Å². The summed E-state index contributed by atoms with van der Waals surface area (Å²) in [7, 11) is 1.64. The molecule has 1 aromatic heterocycles. The van der Waals surface area contributed by atoms with Gasteiger partial charge in [0.25, 0.3) is 0 Å². The van der Waals surface area contributed by atoms with Crippen LogP contribution in [-0.2, 0) is 0 Å². The molecule has 0 aliphatic rings. The van der Waals surface area contributed by atoms with Crippen molar-refractivity contribution in [3.8, 4) is 5.75 Å². The molecule has 0 aliphatic heterocycles. The largest absolute Gasteiger partial charge is 0.497 e. The molecule has 0 spiro atoms. The van der Waals surface area contributed by atoms with E-state index in [0.29, 0.717) is 0 Å². The van der Waals surface area contributed by atoms with Gasteiger partial charge in [0.15, 0.2) is 0 Å². The lowest BCUT2D eigenvalue weighted by Gasteiger charge is -2.09. The second-order valence-corrected chi connectivity index (χ2v) is 5.11.